The van der Waals surface area contributed by atoms with E-state index in [1.54, 1.807) is 11.9 Å². The molecule has 1 aromatic rings. The van der Waals surface area contributed by atoms with Gasteiger partial charge in [0, 0.05) is 13.6 Å². The van der Waals surface area contributed by atoms with Crippen molar-refractivity contribution in [1.82, 2.24) is 14.9 Å². The molecule has 0 saturated heterocycles. The van der Waals surface area contributed by atoms with Gasteiger partial charge in [0.05, 0.1) is 13.7 Å². The summed E-state index contributed by atoms with van der Waals surface area (Å²) in [7, 11) is 3.21. The average Bonchev–Trinajstić information content (AvgIpc) is 2.42. The van der Waals surface area contributed by atoms with Crippen molar-refractivity contribution < 1.29 is 9.53 Å². The maximum absolute atomic E-state index is 11.6. The van der Waals surface area contributed by atoms with E-state index in [2.05, 4.69) is 20.7 Å². The Labute approximate surface area is 106 Å². The number of hydrazine groups is 1. The second-order valence-electron chi connectivity index (χ2n) is 3.51. The van der Waals surface area contributed by atoms with Crippen molar-refractivity contribution in [2.24, 2.45) is 5.84 Å². The number of nitrogens with one attached hydrogen (secondary N) is 2. The molecule has 100 valence electrons. The van der Waals surface area contributed by atoms with E-state index in [-0.39, 0.29) is 12.5 Å². The molecule has 1 rings (SSSR count). The topological polar surface area (TPSA) is 105 Å². The fourth-order valence-electron chi connectivity index (χ4n) is 1.27. The van der Waals surface area contributed by atoms with Crippen LogP contribution in [-0.4, -0.2) is 48.0 Å². The predicted octanol–water partition coefficient (Wildman–Crippen LogP) is -0.339. The smallest absolute Gasteiger partial charge is 0.241 e. The standard InChI is InChI=1S/C10H18N6O2/c1-4-16(2)7(17)5-12-9-8(18-3)10(15-11)14-6-13-9/h6H,4-5,11H2,1-3H3,(H2,12,13,14,15). The lowest BCUT2D eigenvalue weighted by atomic mass is 10.4. The summed E-state index contributed by atoms with van der Waals surface area (Å²) in [5, 5.41) is 2.89. The van der Waals surface area contributed by atoms with E-state index in [0.29, 0.717) is 23.9 Å². The Morgan fingerprint density at radius 3 is 2.72 bits per heavy atom. The lowest BCUT2D eigenvalue weighted by Gasteiger charge is -2.16. The number of carbonyl (C=O) groups excluding carboxylic acids is 1. The molecule has 1 heterocycles. The molecule has 8 nitrogen and oxygen atoms in total. The fourth-order valence-corrected chi connectivity index (χ4v) is 1.27. The number of amides is 1. The maximum atomic E-state index is 11.6. The summed E-state index contributed by atoms with van der Waals surface area (Å²) < 4.78 is 5.13. The molecule has 0 radical (unpaired) electrons. The predicted molar refractivity (Wildman–Crippen MR) is 68.2 cm³/mol. The first-order chi connectivity index (χ1) is 8.63. The van der Waals surface area contributed by atoms with Gasteiger partial charge in [-0.15, -0.1) is 0 Å². The molecular weight excluding hydrogens is 236 g/mol. The normalized spacial score (nSPS) is 9.78. The zero-order valence-electron chi connectivity index (χ0n) is 10.7. The van der Waals surface area contributed by atoms with Gasteiger partial charge in [0.1, 0.15) is 6.33 Å². The van der Waals surface area contributed by atoms with E-state index in [9.17, 15) is 4.79 Å². The van der Waals surface area contributed by atoms with Crippen molar-refractivity contribution >= 4 is 17.5 Å². The van der Waals surface area contributed by atoms with Crippen molar-refractivity contribution in [2.75, 3.05) is 38.0 Å². The highest BCUT2D eigenvalue weighted by molar-refractivity contribution is 5.81. The Kier molecular flexibility index (Phi) is 5.12. The molecule has 0 atom stereocenters. The van der Waals surface area contributed by atoms with Crippen LogP contribution in [0.1, 0.15) is 6.92 Å². The van der Waals surface area contributed by atoms with E-state index in [4.69, 9.17) is 10.6 Å². The maximum Gasteiger partial charge on any atom is 0.241 e. The van der Waals surface area contributed by atoms with Gasteiger partial charge in [0.25, 0.3) is 0 Å². The van der Waals surface area contributed by atoms with Crippen LogP contribution >= 0.6 is 0 Å². The molecule has 1 aromatic heterocycles. The number of carbonyl (C=O) groups is 1. The summed E-state index contributed by atoms with van der Waals surface area (Å²) in [6, 6.07) is 0. The van der Waals surface area contributed by atoms with E-state index in [1.807, 2.05) is 6.92 Å². The number of ether oxygens (including phenoxy) is 1. The molecule has 8 heteroatoms. The lowest BCUT2D eigenvalue weighted by molar-refractivity contribution is -0.127. The Morgan fingerprint density at radius 1 is 1.50 bits per heavy atom. The zero-order valence-corrected chi connectivity index (χ0v) is 10.7. The van der Waals surface area contributed by atoms with Crippen molar-refractivity contribution in [3.63, 3.8) is 0 Å². The van der Waals surface area contributed by atoms with Crippen LogP contribution in [0.2, 0.25) is 0 Å². The van der Waals surface area contributed by atoms with Gasteiger partial charge in [0.2, 0.25) is 11.7 Å². The molecule has 0 aliphatic heterocycles. The summed E-state index contributed by atoms with van der Waals surface area (Å²) in [6.07, 6.45) is 1.33. The summed E-state index contributed by atoms with van der Waals surface area (Å²) in [5.41, 5.74) is 2.40. The monoisotopic (exact) mass is 254 g/mol. The third kappa shape index (κ3) is 3.20. The Balaban J connectivity index is 2.76. The van der Waals surface area contributed by atoms with Crippen LogP contribution in [0.25, 0.3) is 0 Å². The number of likely N-dealkylation sites (N-methyl/N-ethyl adjacent to an activating group) is 1. The number of nitrogens with two attached hydrogens (primary N) is 1. The number of hydrogen-bond donors (Lipinski definition) is 3. The molecule has 0 fully saturated rings. The van der Waals surface area contributed by atoms with Crippen LogP contribution in [0.3, 0.4) is 0 Å². The Morgan fingerprint density at radius 2 is 2.17 bits per heavy atom. The quantitative estimate of drug-likeness (QED) is 0.471. The number of nitrogens with zero attached hydrogens (tertiary/aromatic N) is 3. The number of anilines is 2. The largest absolute Gasteiger partial charge is 0.490 e. The fraction of sp³-hybridized carbons (Fsp3) is 0.500. The first-order valence-corrected chi connectivity index (χ1v) is 5.47. The molecule has 0 aromatic carbocycles. The van der Waals surface area contributed by atoms with Crippen LogP contribution in [0.4, 0.5) is 11.6 Å². The van der Waals surface area contributed by atoms with Gasteiger partial charge in [-0.1, -0.05) is 0 Å². The van der Waals surface area contributed by atoms with Gasteiger partial charge in [0.15, 0.2) is 11.6 Å². The van der Waals surface area contributed by atoms with Gasteiger partial charge < -0.3 is 20.4 Å². The van der Waals surface area contributed by atoms with Crippen LogP contribution in [0.15, 0.2) is 6.33 Å². The first kappa shape index (κ1) is 14.0. The van der Waals surface area contributed by atoms with E-state index in [0.717, 1.165) is 0 Å². The average molecular weight is 254 g/mol. The van der Waals surface area contributed by atoms with Crippen LogP contribution in [0, 0.1) is 0 Å². The highest BCUT2D eigenvalue weighted by Crippen LogP contribution is 2.27. The van der Waals surface area contributed by atoms with E-state index < -0.39 is 0 Å². The van der Waals surface area contributed by atoms with Crippen LogP contribution in [-0.2, 0) is 4.79 Å². The minimum atomic E-state index is -0.0413. The third-order valence-corrected chi connectivity index (χ3v) is 2.45. The zero-order chi connectivity index (χ0) is 13.5. The molecular formula is C10H18N6O2. The highest BCUT2D eigenvalue weighted by Gasteiger charge is 2.13. The Bertz CT molecular complexity index is 411. The van der Waals surface area contributed by atoms with Gasteiger partial charge in [-0.2, -0.15) is 0 Å². The van der Waals surface area contributed by atoms with Crippen molar-refractivity contribution in [1.29, 1.82) is 0 Å². The molecule has 18 heavy (non-hydrogen) atoms. The van der Waals surface area contributed by atoms with Gasteiger partial charge >= 0.3 is 0 Å². The second kappa shape index (κ2) is 6.60. The molecule has 0 aliphatic rings. The van der Waals surface area contributed by atoms with Gasteiger partial charge in [-0.25, -0.2) is 15.8 Å². The van der Waals surface area contributed by atoms with Gasteiger partial charge in [-0.3, -0.25) is 4.79 Å². The highest BCUT2D eigenvalue weighted by atomic mass is 16.5. The Hall–Kier alpha value is -2.09. The molecule has 0 aliphatic carbocycles. The number of aromatic nitrogens is 2. The summed E-state index contributed by atoms with van der Waals surface area (Å²) >= 11 is 0. The van der Waals surface area contributed by atoms with E-state index >= 15 is 0 Å². The third-order valence-electron chi connectivity index (χ3n) is 2.45. The second-order valence-corrected chi connectivity index (χ2v) is 3.51. The number of nitrogen functional groups attached to an aromatic ring is 1. The van der Waals surface area contributed by atoms with Crippen molar-refractivity contribution in [3.8, 4) is 5.75 Å². The minimum absolute atomic E-state index is 0.0413. The minimum Gasteiger partial charge on any atom is -0.490 e. The SMILES string of the molecule is CCN(C)C(=O)CNc1ncnc(NN)c1OC. The molecule has 1 amide bonds. The lowest BCUT2D eigenvalue weighted by Crippen LogP contribution is -2.32. The molecule has 0 spiro atoms. The molecule has 0 saturated carbocycles. The molecule has 0 unspecified atom stereocenters. The summed E-state index contributed by atoms with van der Waals surface area (Å²) in [6.45, 7) is 2.68. The van der Waals surface area contributed by atoms with Crippen LogP contribution in [0.5, 0.6) is 5.75 Å². The van der Waals surface area contributed by atoms with Crippen molar-refractivity contribution in [2.45, 2.75) is 6.92 Å². The van der Waals surface area contributed by atoms with Crippen molar-refractivity contribution in [3.05, 3.63) is 6.33 Å². The van der Waals surface area contributed by atoms with Crippen LogP contribution < -0.4 is 21.3 Å². The number of methoxy groups -OCH3 is 1. The molecule has 4 N–H and O–H groups in total. The van der Waals surface area contributed by atoms with E-state index in [1.165, 1.54) is 13.4 Å². The number of hydrogen-bond acceptors (Lipinski definition) is 7. The van der Waals surface area contributed by atoms with Gasteiger partial charge in [-0.05, 0) is 6.92 Å². The number of rotatable bonds is 6. The summed E-state index contributed by atoms with van der Waals surface area (Å²) in [4.78, 5) is 21.1. The summed E-state index contributed by atoms with van der Waals surface area (Å²) in [5.74, 6) is 6.39. The first-order valence-electron chi connectivity index (χ1n) is 5.47. The molecule has 0 bridgehead atoms.